The van der Waals surface area contributed by atoms with Gasteiger partial charge in [0.25, 0.3) is 5.91 Å². The van der Waals surface area contributed by atoms with Crippen molar-refractivity contribution in [3.63, 3.8) is 0 Å². The van der Waals surface area contributed by atoms with Gasteiger partial charge in [0.05, 0.1) is 13.1 Å². The fraction of sp³-hybridized carbons (Fsp3) is 0.294. The van der Waals surface area contributed by atoms with E-state index in [4.69, 9.17) is 4.74 Å². The predicted octanol–water partition coefficient (Wildman–Crippen LogP) is 3.31. The largest absolute Gasteiger partial charge is 0.470 e. The number of carbonyl (C=O) groups excluding carboxylic acids is 1. The Hall–Kier alpha value is -2.57. The van der Waals surface area contributed by atoms with Gasteiger partial charge in [-0.2, -0.15) is 13.2 Å². The van der Waals surface area contributed by atoms with E-state index in [0.29, 0.717) is 5.56 Å². The molecule has 4 nitrogen and oxygen atoms in total. The summed E-state index contributed by atoms with van der Waals surface area (Å²) in [6.07, 6.45) is -3.77. The molecule has 2 aromatic rings. The monoisotopic (exact) mass is 336 g/mol. The van der Waals surface area contributed by atoms with E-state index in [0.717, 1.165) is 11.6 Å². The van der Waals surface area contributed by atoms with E-state index in [1.165, 1.54) is 12.3 Å². The lowest BCUT2D eigenvalue weighted by molar-refractivity contribution is -0.140. The van der Waals surface area contributed by atoms with Gasteiger partial charge in [-0.15, -0.1) is 0 Å². The molecule has 0 saturated carbocycles. The summed E-state index contributed by atoms with van der Waals surface area (Å²) < 4.78 is 44.1. The third-order valence-corrected chi connectivity index (χ3v) is 3.87. The number of pyridine rings is 1. The van der Waals surface area contributed by atoms with Gasteiger partial charge in [-0.25, -0.2) is 4.98 Å². The zero-order valence-corrected chi connectivity index (χ0v) is 12.9. The molecule has 0 unspecified atom stereocenters. The molecule has 0 radical (unpaired) electrons. The zero-order valence-electron chi connectivity index (χ0n) is 12.9. The predicted molar refractivity (Wildman–Crippen MR) is 80.7 cm³/mol. The number of rotatable bonds is 3. The Morgan fingerprint density at radius 1 is 1.21 bits per heavy atom. The lowest BCUT2D eigenvalue weighted by atomic mass is 10.0. The van der Waals surface area contributed by atoms with Crippen molar-refractivity contribution in [2.24, 2.45) is 0 Å². The molecular weight excluding hydrogens is 321 g/mol. The first-order valence-corrected chi connectivity index (χ1v) is 7.40. The van der Waals surface area contributed by atoms with Gasteiger partial charge in [-0.1, -0.05) is 18.2 Å². The van der Waals surface area contributed by atoms with Crippen molar-refractivity contribution in [2.75, 3.05) is 13.1 Å². The molecule has 0 bridgehead atoms. The summed E-state index contributed by atoms with van der Waals surface area (Å²) in [6, 6.07) is 9.32. The molecular formula is C17H15F3N2O2. The van der Waals surface area contributed by atoms with Crippen LogP contribution in [-0.4, -0.2) is 35.0 Å². The van der Waals surface area contributed by atoms with Crippen molar-refractivity contribution in [3.8, 4) is 5.88 Å². The van der Waals surface area contributed by atoms with Crippen molar-refractivity contribution >= 4 is 5.91 Å². The molecule has 1 aromatic heterocycles. The van der Waals surface area contributed by atoms with Crippen molar-refractivity contribution in [1.82, 2.24) is 9.88 Å². The average Bonchev–Trinajstić information content (AvgIpc) is 2.50. The second-order valence-electron chi connectivity index (χ2n) is 5.62. The van der Waals surface area contributed by atoms with Crippen LogP contribution in [0.4, 0.5) is 13.2 Å². The maximum Gasteiger partial charge on any atom is 0.421 e. The second-order valence-corrected chi connectivity index (χ2v) is 5.62. The van der Waals surface area contributed by atoms with Crippen LogP contribution in [0.25, 0.3) is 0 Å². The van der Waals surface area contributed by atoms with Gasteiger partial charge in [0, 0.05) is 11.8 Å². The number of nitrogens with zero attached hydrogens (tertiary/aromatic N) is 2. The minimum absolute atomic E-state index is 0.148. The van der Waals surface area contributed by atoms with Gasteiger partial charge in [-0.3, -0.25) is 4.79 Å². The first-order chi connectivity index (χ1) is 11.4. The quantitative estimate of drug-likeness (QED) is 0.864. The van der Waals surface area contributed by atoms with Gasteiger partial charge in [0.15, 0.2) is 0 Å². The van der Waals surface area contributed by atoms with Crippen molar-refractivity contribution in [2.45, 2.75) is 19.2 Å². The second kappa shape index (κ2) is 6.14. The molecule has 1 fully saturated rings. The van der Waals surface area contributed by atoms with Crippen LogP contribution in [0.5, 0.6) is 5.88 Å². The zero-order chi connectivity index (χ0) is 17.3. The van der Waals surface area contributed by atoms with E-state index in [9.17, 15) is 18.0 Å². The van der Waals surface area contributed by atoms with E-state index in [1.807, 2.05) is 19.1 Å². The molecule has 1 saturated heterocycles. The minimum Gasteiger partial charge on any atom is -0.470 e. The first-order valence-electron chi connectivity index (χ1n) is 7.40. The highest BCUT2D eigenvalue weighted by molar-refractivity contribution is 5.96. The van der Waals surface area contributed by atoms with E-state index < -0.39 is 23.7 Å². The third-order valence-electron chi connectivity index (χ3n) is 3.87. The van der Waals surface area contributed by atoms with E-state index in [2.05, 4.69) is 4.98 Å². The minimum atomic E-state index is -4.52. The van der Waals surface area contributed by atoms with E-state index in [1.54, 1.807) is 17.0 Å². The Morgan fingerprint density at radius 3 is 2.58 bits per heavy atom. The number of aryl methyl sites for hydroxylation is 1. The number of ether oxygens (including phenoxy) is 1. The van der Waals surface area contributed by atoms with Crippen LogP contribution in [0.15, 0.2) is 42.6 Å². The molecule has 1 amide bonds. The Morgan fingerprint density at radius 2 is 1.92 bits per heavy atom. The fourth-order valence-electron chi connectivity index (χ4n) is 2.52. The standard InChI is InChI=1S/C17H15F3N2O2/c1-11-5-2-3-6-13(11)16(23)22-9-12(10-22)24-15-14(17(18,19)20)7-4-8-21-15/h2-8,12H,9-10H2,1H3. The van der Waals surface area contributed by atoms with Crippen LogP contribution in [-0.2, 0) is 6.18 Å². The number of alkyl halides is 3. The highest BCUT2D eigenvalue weighted by atomic mass is 19.4. The lowest BCUT2D eigenvalue weighted by Crippen LogP contribution is -2.56. The maximum atomic E-state index is 12.9. The Bertz CT molecular complexity index is 755. The molecule has 1 aromatic carbocycles. The average molecular weight is 336 g/mol. The molecule has 3 rings (SSSR count). The number of carbonyl (C=O) groups is 1. The van der Waals surface area contributed by atoms with E-state index in [-0.39, 0.29) is 19.0 Å². The van der Waals surface area contributed by atoms with Gasteiger partial charge < -0.3 is 9.64 Å². The molecule has 24 heavy (non-hydrogen) atoms. The number of halogens is 3. The van der Waals surface area contributed by atoms with Crippen LogP contribution < -0.4 is 4.74 Å². The summed E-state index contributed by atoms with van der Waals surface area (Å²) in [6.45, 7) is 2.31. The molecule has 2 heterocycles. The molecule has 1 aliphatic heterocycles. The van der Waals surface area contributed by atoms with Crippen molar-refractivity contribution in [3.05, 3.63) is 59.3 Å². The molecule has 0 N–H and O–H groups in total. The van der Waals surface area contributed by atoms with Gasteiger partial charge in [-0.05, 0) is 30.7 Å². The lowest BCUT2D eigenvalue weighted by Gasteiger charge is -2.39. The summed E-state index contributed by atoms with van der Waals surface area (Å²) in [4.78, 5) is 17.6. The maximum absolute atomic E-state index is 12.9. The summed E-state index contributed by atoms with van der Waals surface area (Å²) in [5.41, 5.74) is 0.536. The summed E-state index contributed by atoms with van der Waals surface area (Å²) >= 11 is 0. The third kappa shape index (κ3) is 3.20. The Kier molecular flexibility index (Phi) is 4.17. The van der Waals surface area contributed by atoms with Gasteiger partial charge >= 0.3 is 6.18 Å². The molecule has 0 spiro atoms. The van der Waals surface area contributed by atoms with Crippen LogP contribution in [0, 0.1) is 6.92 Å². The normalized spacial score (nSPS) is 15.1. The van der Waals surface area contributed by atoms with Crippen molar-refractivity contribution < 1.29 is 22.7 Å². The van der Waals surface area contributed by atoms with Gasteiger partial charge in [0.1, 0.15) is 11.7 Å². The number of likely N-dealkylation sites (tertiary alicyclic amines) is 1. The van der Waals surface area contributed by atoms with Crippen molar-refractivity contribution in [1.29, 1.82) is 0 Å². The van der Waals surface area contributed by atoms with Crippen LogP contribution in [0.2, 0.25) is 0 Å². The Labute approximate surface area is 136 Å². The first kappa shape index (κ1) is 16.3. The number of hydrogen-bond donors (Lipinski definition) is 0. The smallest absolute Gasteiger partial charge is 0.421 e. The van der Waals surface area contributed by atoms with Crippen LogP contribution >= 0.6 is 0 Å². The topological polar surface area (TPSA) is 42.4 Å². The summed E-state index contributed by atoms with van der Waals surface area (Å²) in [5.74, 6) is -0.594. The molecule has 126 valence electrons. The van der Waals surface area contributed by atoms with E-state index >= 15 is 0 Å². The van der Waals surface area contributed by atoms with Crippen LogP contribution in [0.3, 0.4) is 0 Å². The summed E-state index contributed by atoms with van der Waals surface area (Å²) in [5, 5.41) is 0. The number of benzene rings is 1. The van der Waals surface area contributed by atoms with Gasteiger partial charge in [0.2, 0.25) is 5.88 Å². The highest BCUT2D eigenvalue weighted by Crippen LogP contribution is 2.35. The number of hydrogen-bond acceptors (Lipinski definition) is 3. The number of aromatic nitrogens is 1. The summed E-state index contributed by atoms with van der Waals surface area (Å²) in [7, 11) is 0. The Balaban J connectivity index is 1.64. The van der Waals surface area contributed by atoms with Crippen LogP contribution in [0.1, 0.15) is 21.5 Å². The molecule has 1 aliphatic rings. The SMILES string of the molecule is Cc1ccccc1C(=O)N1CC(Oc2ncccc2C(F)(F)F)C1. The highest BCUT2D eigenvalue weighted by Gasteiger charge is 2.38. The molecule has 7 heteroatoms. The molecule has 0 atom stereocenters. The molecule has 0 aliphatic carbocycles. The fourth-order valence-corrected chi connectivity index (χ4v) is 2.52. The number of amides is 1.